The van der Waals surface area contributed by atoms with Crippen molar-refractivity contribution in [3.8, 4) is 11.3 Å². The van der Waals surface area contributed by atoms with Crippen LogP contribution in [0.3, 0.4) is 0 Å². The van der Waals surface area contributed by atoms with E-state index < -0.39 is 0 Å². The summed E-state index contributed by atoms with van der Waals surface area (Å²) in [6, 6.07) is 3.74. The van der Waals surface area contributed by atoms with Gasteiger partial charge in [-0.25, -0.2) is 9.97 Å². The number of rotatable bonds is 4. The molecule has 78 valence electrons. The summed E-state index contributed by atoms with van der Waals surface area (Å²) >= 11 is 0. The predicted molar refractivity (Wildman–Crippen MR) is 58.5 cm³/mol. The molecule has 0 amide bonds. The summed E-state index contributed by atoms with van der Waals surface area (Å²) in [5, 5.41) is 3.14. The molecule has 0 aromatic carbocycles. The third kappa shape index (κ3) is 2.34. The zero-order chi connectivity index (χ0) is 10.5. The van der Waals surface area contributed by atoms with Crippen molar-refractivity contribution in [3.63, 3.8) is 0 Å². The van der Waals surface area contributed by atoms with Crippen LogP contribution in [0.2, 0.25) is 0 Å². The molecule has 4 nitrogen and oxygen atoms in total. The first-order valence-corrected chi connectivity index (χ1v) is 4.99. The van der Waals surface area contributed by atoms with Gasteiger partial charge in [-0.15, -0.1) is 0 Å². The second kappa shape index (κ2) is 4.59. The highest BCUT2D eigenvalue weighted by molar-refractivity contribution is 5.58. The van der Waals surface area contributed by atoms with Crippen molar-refractivity contribution in [2.24, 2.45) is 0 Å². The Balaban J connectivity index is 2.19. The fraction of sp³-hybridized carbons (Fsp3) is 0.273. The maximum Gasteiger partial charge on any atom is 0.223 e. The molecule has 0 saturated heterocycles. The van der Waals surface area contributed by atoms with Gasteiger partial charge in [0.05, 0.1) is 18.2 Å². The van der Waals surface area contributed by atoms with Crippen molar-refractivity contribution in [3.05, 3.63) is 30.9 Å². The second-order valence-electron chi connectivity index (χ2n) is 3.20. The smallest absolute Gasteiger partial charge is 0.223 e. The zero-order valence-corrected chi connectivity index (χ0v) is 8.60. The summed E-state index contributed by atoms with van der Waals surface area (Å²) in [5.41, 5.74) is 1.84. The molecule has 2 heterocycles. The van der Waals surface area contributed by atoms with Gasteiger partial charge in [-0.2, -0.15) is 0 Å². The maximum absolute atomic E-state index is 5.01. The summed E-state index contributed by atoms with van der Waals surface area (Å²) in [6.45, 7) is 2.99. The minimum atomic E-state index is 0.663. The fourth-order valence-electron chi connectivity index (χ4n) is 1.25. The molecule has 0 spiro atoms. The quantitative estimate of drug-likeness (QED) is 0.829. The Hall–Kier alpha value is -1.84. The van der Waals surface area contributed by atoms with E-state index in [4.69, 9.17) is 4.42 Å². The third-order valence-corrected chi connectivity index (χ3v) is 2.01. The first-order valence-electron chi connectivity index (χ1n) is 4.99. The lowest BCUT2D eigenvalue weighted by Crippen LogP contribution is -2.04. The van der Waals surface area contributed by atoms with E-state index in [-0.39, 0.29) is 0 Å². The van der Waals surface area contributed by atoms with Crippen molar-refractivity contribution < 1.29 is 4.42 Å². The van der Waals surface area contributed by atoms with E-state index in [9.17, 15) is 0 Å². The Labute approximate surface area is 88.4 Å². The Bertz CT molecular complexity index is 412. The Morgan fingerprint density at radius 2 is 2.33 bits per heavy atom. The lowest BCUT2D eigenvalue weighted by molar-refractivity contribution is 0.568. The third-order valence-electron chi connectivity index (χ3n) is 2.01. The molecule has 1 N–H and O–H groups in total. The SMILES string of the molecule is CCCNc1nccc(-c2ccoc2)n1. The van der Waals surface area contributed by atoms with Crippen molar-refractivity contribution in [1.82, 2.24) is 9.97 Å². The zero-order valence-electron chi connectivity index (χ0n) is 8.60. The largest absolute Gasteiger partial charge is 0.472 e. The summed E-state index contributed by atoms with van der Waals surface area (Å²) in [4.78, 5) is 8.50. The second-order valence-corrected chi connectivity index (χ2v) is 3.20. The van der Waals surface area contributed by atoms with E-state index in [0.717, 1.165) is 24.2 Å². The van der Waals surface area contributed by atoms with E-state index in [1.54, 1.807) is 18.7 Å². The Morgan fingerprint density at radius 1 is 1.40 bits per heavy atom. The standard InChI is InChI=1S/C11H13N3O/c1-2-5-12-11-13-6-3-10(14-11)9-4-7-15-8-9/h3-4,6-8H,2,5H2,1H3,(H,12,13,14). The molecule has 0 radical (unpaired) electrons. The van der Waals surface area contributed by atoms with Crippen LogP contribution in [0.25, 0.3) is 11.3 Å². The Kier molecular flexibility index (Phi) is 2.97. The number of anilines is 1. The molecule has 0 atom stereocenters. The summed E-state index contributed by atoms with van der Waals surface area (Å²) in [6.07, 6.45) is 6.11. The van der Waals surface area contributed by atoms with Crippen LogP contribution in [-0.4, -0.2) is 16.5 Å². The molecule has 2 aromatic rings. The minimum absolute atomic E-state index is 0.663. The molecule has 15 heavy (non-hydrogen) atoms. The minimum Gasteiger partial charge on any atom is -0.472 e. The normalized spacial score (nSPS) is 10.2. The number of nitrogens with one attached hydrogen (secondary N) is 1. The van der Waals surface area contributed by atoms with Crippen molar-refractivity contribution in [1.29, 1.82) is 0 Å². The van der Waals surface area contributed by atoms with Gasteiger partial charge in [0.1, 0.15) is 0 Å². The predicted octanol–water partition coefficient (Wildman–Crippen LogP) is 2.56. The van der Waals surface area contributed by atoms with Crippen LogP contribution in [0.15, 0.2) is 35.3 Å². The van der Waals surface area contributed by atoms with Gasteiger partial charge in [-0.3, -0.25) is 0 Å². The number of nitrogens with zero attached hydrogens (tertiary/aromatic N) is 2. The molecule has 0 fully saturated rings. The summed E-state index contributed by atoms with van der Waals surface area (Å²) in [5.74, 6) is 0.663. The van der Waals surface area contributed by atoms with Crippen LogP contribution >= 0.6 is 0 Å². The molecular formula is C11H13N3O. The molecule has 0 bridgehead atoms. The highest BCUT2D eigenvalue weighted by Gasteiger charge is 2.02. The lowest BCUT2D eigenvalue weighted by Gasteiger charge is -2.03. The van der Waals surface area contributed by atoms with E-state index >= 15 is 0 Å². The van der Waals surface area contributed by atoms with Crippen molar-refractivity contribution in [2.75, 3.05) is 11.9 Å². The van der Waals surface area contributed by atoms with Gasteiger partial charge in [0.25, 0.3) is 0 Å². The van der Waals surface area contributed by atoms with Crippen LogP contribution in [0.4, 0.5) is 5.95 Å². The molecule has 0 aliphatic carbocycles. The van der Waals surface area contributed by atoms with Gasteiger partial charge in [-0.1, -0.05) is 6.92 Å². The number of hydrogen-bond donors (Lipinski definition) is 1. The maximum atomic E-state index is 5.01. The van der Waals surface area contributed by atoms with Crippen LogP contribution in [-0.2, 0) is 0 Å². The highest BCUT2D eigenvalue weighted by atomic mass is 16.3. The van der Waals surface area contributed by atoms with E-state index in [1.807, 2.05) is 12.1 Å². The van der Waals surface area contributed by atoms with Gasteiger partial charge < -0.3 is 9.73 Å². The highest BCUT2D eigenvalue weighted by Crippen LogP contribution is 2.17. The lowest BCUT2D eigenvalue weighted by atomic mass is 10.2. The molecule has 2 rings (SSSR count). The number of hydrogen-bond acceptors (Lipinski definition) is 4. The van der Waals surface area contributed by atoms with Crippen molar-refractivity contribution in [2.45, 2.75) is 13.3 Å². The summed E-state index contributed by atoms with van der Waals surface area (Å²) in [7, 11) is 0. The number of aromatic nitrogens is 2. The summed E-state index contributed by atoms with van der Waals surface area (Å²) < 4.78 is 5.01. The van der Waals surface area contributed by atoms with E-state index in [2.05, 4.69) is 22.2 Å². The van der Waals surface area contributed by atoms with Gasteiger partial charge in [0, 0.05) is 18.3 Å². The topological polar surface area (TPSA) is 51.0 Å². The van der Waals surface area contributed by atoms with Crippen LogP contribution < -0.4 is 5.32 Å². The van der Waals surface area contributed by atoms with Crippen LogP contribution in [0.1, 0.15) is 13.3 Å². The first-order chi connectivity index (χ1) is 7.40. The fourth-order valence-corrected chi connectivity index (χ4v) is 1.25. The van der Waals surface area contributed by atoms with Gasteiger partial charge in [-0.05, 0) is 18.6 Å². The van der Waals surface area contributed by atoms with Gasteiger partial charge in [0.2, 0.25) is 5.95 Å². The van der Waals surface area contributed by atoms with Crippen molar-refractivity contribution >= 4 is 5.95 Å². The van der Waals surface area contributed by atoms with E-state index in [0.29, 0.717) is 5.95 Å². The van der Waals surface area contributed by atoms with E-state index in [1.165, 1.54) is 0 Å². The van der Waals surface area contributed by atoms with Crippen LogP contribution in [0, 0.1) is 0 Å². The average molecular weight is 203 g/mol. The van der Waals surface area contributed by atoms with Gasteiger partial charge >= 0.3 is 0 Å². The molecule has 0 unspecified atom stereocenters. The van der Waals surface area contributed by atoms with Crippen LogP contribution in [0.5, 0.6) is 0 Å². The average Bonchev–Trinajstić information content (AvgIpc) is 2.80. The first kappa shape index (κ1) is 9.71. The molecule has 4 heteroatoms. The molecular weight excluding hydrogens is 190 g/mol. The Morgan fingerprint density at radius 3 is 3.07 bits per heavy atom. The molecule has 0 saturated carbocycles. The van der Waals surface area contributed by atoms with Gasteiger partial charge in [0.15, 0.2) is 0 Å². The number of furan rings is 1. The molecule has 2 aromatic heterocycles. The molecule has 0 aliphatic rings. The molecule has 0 aliphatic heterocycles. The monoisotopic (exact) mass is 203 g/mol.